The maximum Gasteiger partial charge on any atom is 0.0967 e. The lowest BCUT2D eigenvalue weighted by Crippen LogP contribution is -2.34. The first-order valence-corrected chi connectivity index (χ1v) is 6.16. The molecule has 1 aliphatic heterocycles. The van der Waals surface area contributed by atoms with Gasteiger partial charge in [-0.1, -0.05) is 6.92 Å². The quantitative estimate of drug-likeness (QED) is 0.740. The van der Waals surface area contributed by atoms with Crippen LogP contribution in [0, 0.1) is 17.2 Å². The molecule has 0 aromatic carbocycles. The first kappa shape index (κ1) is 10.9. The predicted molar refractivity (Wildman–Crippen MR) is 60.4 cm³/mol. The SMILES string of the molecule is CC1CCN(CCC(C#N)NC2CC2)C1. The van der Waals surface area contributed by atoms with Crippen LogP contribution in [-0.2, 0) is 0 Å². The fourth-order valence-electron chi connectivity index (χ4n) is 2.26. The number of hydrogen-bond donors (Lipinski definition) is 1. The standard InChI is InChI=1S/C12H21N3/c1-10-4-6-15(9-10)7-5-12(8-13)14-11-2-3-11/h10-12,14H,2-7,9H2,1H3. The van der Waals surface area contributed by atoms with Crippen molar-refractivity contribution in [3.05, 3.63) is 0 Å². The van der Waals surface area contributed by atoms with E-state index in [-0.39, 0.29) is 6.04 Å². The highest BCUT2D eigenvalue weighted by Crippen LogP contribution is 2.20. The Balaban J connectivity index is 1.64. The second-order valence-corrected chi connectivity index (χ2v) is 5.11. The summed E-state index contributed by atoms with van der Waals surface area (Å²) in [6.45, 7) is 5.84. The highest BCUT2D eigenvalue weighted by Gasteiger charge is 2.25. The Labute approximate surface area is 92.4 Å². The molecule has 15 heavy (non-hydrogen) atoms. The highest BCUT2D eigenvalue weighted by molar-refractivity contribution is 4.96. The molecule has 1 aliphatic carbocycles. The van der Waals surface area contributed by atoms with Gasteiger partial charge in [0.25, 0.3) is 0 Å². The van der Waals surface area contributed by atoms with Crippen molar-refractivity contribution in [2.24, 2.45) is 5.92 Å². The molecule has 3 nitrogen and oxygen atoms in total. The zero-order chi connectivity index (χ0) is 10.7. The summed E-state index contributed by atoms with van der Waals surface area (Å²) in [6.07, 6.45) is 4.84. The third kappa shape index (κ3) is 3.48. The smallest absolute Gasteiger partial charge is 0.0967 e. The number of hydrogen-bond acceptors (Lipinski definition) is 3. The Morgan fingerprint density at radius 2 is 2.27 bits per heavy atom. The molecule has 0 aromatic rings. The number of likely N-dealkylation sites (tertiary alicyclic amines) is 1. The predicted octanol–water partition coefficient (Wildman–Crippen LogP) is 1.36. The van der Waals surface area contributed by atoms with Crippen LogP contribution in [0.3, 0.4) is 0 Å². The van der Waals surface area contributed by atoms with Crippen molar-refractivity contribution < 1.29 is 0 Å². The van der Waals surface area contributed by atoms with E-state index in [0.29, 0.717) is 6.04 Å². The molecule has 0 bridgehead atoms. The minimum atomic E-state index is 0.0772. The van der Waals surface area contributed by atoms with E-state index in [9.17, 15) is 0 Å². The van der Waals surface area contributed by atoms with Gasteiger partial charge in [0.2, 0.25) is 0 Å². The number of rotatable bonds is 5. The first-order chi connectivity index (χ1) is 7.28. The van der Waals surface area contributed by atoms with Crippen molar-refractivity contribution in [1.82, 2.24) is 10.2 Å². The Kier molecular flexibility index (Phi) is 3.61. The van der Waals surface area contributed by atoms with E-state index >= 15 is 0 Å². The molecular formula is C12H21N3. The molecule has 2 rings (SSSR count). The first-order valence-electron chi connectivity index (χ1n) is 6.16. The van der Waals surface area contributed by atoms with Crippen LogP contribution in [0.15, 0.2) is 0 Å². The summed E-state index contributed by atoms with van der Waals surface area (Å²) in [7, 11) is 0. The fraction of sp³-hybridized carbons (Fsp3) is 0.917. The lowest BCUT2D eigenvalue weighted by molar-refractivity contribution is 0.311. The summed E-state index contributed by atoms with van der Waals surface area (Å²) in [5.74, 6) is 0.849. The van der Waals surface area contributed by atoms with E-state index in [0.717, 1.165) is 18.9 Å². The highest BCUT2D eigenvalue weighted by atomic mass is 15.1. The van der Waals surface area contributed by atoms with E-state index in [1.54, 1.807) is 0 Å². The van der Waals surface area contributed by atoms with E-state index in [1.807, 2.05) is 0 Å². The Morgan fingerprint density at radius 3 is 2.80 bits per heavy atom. The van der Waals surface area contributed by atoms with Gasteiger partial charge in [0.05, 0.1) is 12.1 Å². The monoisotopic (exact) mass is 207 g/mol. The van der Waals surface area contributed by atoms with Gasteiger partial charge < -0.3 is 4.90 Å². The third-order valence-electron chi connectivity index (χ3n) is 3.41. The molecule has 1 saturated heterocycles. The van der Waals surface area contributed by atoms with Crippen molar-refractivity contribution >= 4 is 0 Å². The normalized spacial score (nSPS) is 28.9. The van der Waals surface area contributed by atoms with Crippen LogP contribution in [0.5, 0.6) is 0 Å². The minimum absolute atomic E-state index is 0.0772. The van der Waals surface area contributed by atoms with E-state index in [1.165, 1.54) is 32.4 Å². The minimum Gasteiger partial charge on any atom is -0.303 e. The number of nitriles is 1. The lowest BCUT2D eigenvalue weighted by Gasteiger charge is -2.17. The molecule has 2 unspecified atom stereocenters. The molecule has 84 valence electrons. The maximum absolute atomic E-state index is 9.00. The van der Waals surface area contributed by atoms with Gasteiger partial charge in [0.1, 0.15) is 0 Å². The van der Waals surface area contributed by atoms with E-state index < -0.39 is 0 Å². The van der Waals surface area contributed by atoms with Crippen LogP contribution >= 0.6 is 0 Å². The number of nitrogens with one attached hydrogen (secondary N) is 1. The van der Waals surface area contributed by atoms with Crippen molar-refractivity contribution in [3.63, 3.8) is 0 Å². The van der Waals surface area contributed by atoms with Crippen molar-refractivity contribution in [1.29, 1.82) is 5.26 Å². The van der Waals surface area contributed by atoms with Gasteiger partial charge in [-0.3, -0.25) is 5.32 Å². The third-order valence-corrected chi connectivity index (χ3v) is 3.41. The van der Waals surface area contributed by atoms with E-state index in [2.05, 4.69) is 23.2 Å². The number of nitrogens with zero attached hydrogens (tertiary/aromatic N) is 2. The van der Waals surface area contributed by atoms with Gasteiger partial charge >= 0.3 is 0 Å². The van der Waals surface area contributed by atoms with Crippen LogP contribution in [0.2, 0.25) is 0 Å². The summed E-state index contributed by atoms with van der Waals surface area (Å²) >= 11 is 0. The van der Waals surface area contributed by atoms with Gasteiger partial charge in [-0.2, -0.15) is 5.26 Å². The molecular weight excluding hydrogens is 186 g/mol. The van der Waals surface area contributed by atoms with Crippen molar-refractivity contribution in [3.8, 4) is 6.07 Å². The maximum atomic E-state index is 9.00. The Morgan fingerprint density at radius 1 is 1.47 bits per heavy atom. The topological polar surface area (TPSA) is 39.1 Å². The summed E-state index contributed by atoms with van der Waals surface area (Å²) in [5.41, 5.74) is 0. The molecule has 0 aromatic heterocycles. The molecule has 3 heteroatoms. The summed E-state index contributed by atoms with van der Waals surface area (Å²) in [4.78, 5) is 2.49. The van der Waals surface area contributed by atoms with Crippen LogP contribution in [0.25, 0.3) is 0 Å². The second kappa shape index (κ2) is 4.96. The molecule has 2 atom stereocenters. The zero-order valence-corrected chi connectivity index (χ0v) is 9.58. The fourth-order valence-corrected chi connectivity index (χ4v) is 2.26. The van der Waals surface area contributed by atoms with Crippen molar-refractivity contribution in [2.75, 3.05) is 19.6 Å². The zero-order valence-electron chi connectivity index (χ0n) is 9.58. The van der Waals surface area contributed by atoms with E-state index in [4.69, 9.17) is 5.26 Å². The van der Waals surface area contributed by atoms with Crippen LogP contribution < -0.4 is 5.32 Å². The lowest BCUT2D eigenvalue weighted by atomic mass is 10.2. The average molecular weight is 207 g/mol. The molecule has 1 heterocycles. The Hall–Kier alpha value is -0.590. The molecule has 0 radical (unpaired) electrons. The van der Waals surface area contributed by atoms with Crippen LogP contribution in [0.1, 0.15) is 32.6 Å². The molecule has 0 amide bonds. The van der Waals surface area contributed by atoms with Crippen LogP contribution in [-0.4, -0.2) is 36.6 Å². The van der Waals surface area contributed by atoms with Crippen LogP contribution in [0.4, 0.5) is 0 Å². The molecule has 1 saturated carbocycles. The van der Waals surface area contributed by atoms with Gasteiger partial charge in [0, 0.05) is 19.1 Å². The van der Waals surface area contributed by atoms with Gasteiger partial charge in [-0.05, 0) is 38.1 Å². The summed E-state index contributed by atoms with van der Waals surface area (Å²) in [6, 6.07) is 3.09. The molecule has 0 spiro atoms. The molecule has 2 fully saturated rings. The van der Waals surface area contributed by atoms with Gasteiger partial charge in [-0.25, -0.2) is 0 Å². The molecule has 1 N–H and O–H groups in total. The van der Waals surface area contributed by atoms with Crippen molar-refractivity contribution in [2.45, 2.75) is 44.7 Å². The Bertz CT molecular complexity index is 242. The van der Waals surface area contributed by atoms with Gasteiger partial charge in [-0.15, -0.1) is 0 Å². The second-order valence-electron chi connectivity index (χ2n) is 5.11. The summed E-state index contributed by atoms with van der Waals surface area (Å²) in [5, 5.41) is 12.4. The van der Waals surface area contributed by atoms with Gasteiger partial charge in [0.15, 0.2) is 0 Å². The average Bonchev–Trinajstić information content (AvgIpc) is 2.95. The largest absolute Gasteiger partial charge is 0.303 e. The molecule has 2 aliphatic rings. The summed E-state index contributed by atoms with van der Waals surface area (Å²) < 4.78 is 0.